The number of carbonyl (C=O) groups excluding carboxylic acids is 2. The van der Waals surface area contributed by atoms with Crippen molar-refractivity contribution in [2.24, 2.45) is 11.8 Å². The number of carbonyl (C=O) groups is 2. The number of nitrogens with zero attached hydrogens (tertiary/aromatic N) is 2. The molecule has 1 aromatic carbocycles. The smallest absolute Gasteiger partial charge is 0.229 e. The summed E-state index contributed by atoms with van der Waals surface area (Å²) in [5, 5.41) is 0. The lowest BCUT2D eigenvalue weighted by Gasteiger charge is -2.37. The first kappa shape index (κ1) is 15.8. The summed E-state index contributed by atoms with van der Waals surface area (Å²) in [6.45, 7) is 4.18. The molecule has 1 aromatic rings. The third-order valence-electron chi connectivity index (χ3n) is 5.71. The Kier molecular flexibility index (Phi) is 4.37. The van der Waals surface area contributed by atoms with Crippen LogP contribution in [0, 0.1) is 11.8 Å². The van der Waals surface area contributed by atoms with E-state index in [4.69, 9.17) is 4.74 Å². The van der Waals surface area contributed by atoms with Gasteiger partial charge in [-0.05, 0) is 18.4 Å². The minimum atomic E-state index is -0.248. The lowest BCUT2D eigenvalue weighted by Crippen LogP contribution is -2.52. The molecule has 3 aliphatic heterocycles. The van der Waals surface area contributed by atoms with E-state index in [2.05, 4.69) is 29.2 Å². The second-order valence-corrected chi connectivity index (χ2v) is 7.12. The van der Waals surface area contributed by atoms with Gasteiger partial charge in [0.15, 0.2) is 0 Å². The summed E-state index contributed by atoms with van der Waals surface area (Å²) in [6.07, 6.45) is 2.71. The third-order valence-corrected chi connectivity index (χ3v) is 5.71. The van der Waals surface area contributed by atoms with Gasteiger partial charge in [0.05, 0.1) is 24.0 Å². The molecule has 0 N–H and O–H groups in total. The fourth-order valence-electron chi connectivity index (χ4n) is 4.39. The number of ether oxygens (including phenoxy) is 1. The normalized spacial score (nSPS) is 32.9. The number of benzene rings is 1. The average Bonchev–Trinajstić information content (AvgIpc) is 3.23. The molecule has 0 spiro atoms. The van der Waals surface area contributed by atoms with E-state index >= 15 is 0 Å². The minimum Gasteiger partial charge on any atom is -0.373 e. The molecule has 2 bridgehead atoms. The van der Waals surface area contributed by atoms with Crippen molar-refractivity contribution in [2.75, 3.05) is 26.2 Å². The number of rotatable bonds is 4. The van der Waals surface area contributed by atoms with Crippen LogP contribution in [0.15, 0.2) is 30.3 Å². The zero-order chi connectivity index (χ0) is 16.5. The zero-order valence-corrected chi connectivity index (χ0v) is 13.8. The highest BCUT2D eigenvalue weighted by atomic mass is 16.5. The van der Waals surface area contributed by atoms with Crippen molar-refractivity contribution >= 4 is 12.2 Å². The first-order valence-electron chi connectivity index (χ1n) is 8.92. The quantitative estimate of drug-likeness (QED) is 0.783. The third kappa shape index (κ3) is 2.87. The molecule has 5 nitrogen and oxygen atoms in total. The van der Waals surface area contributed by atoms with Gasteiger partial charge in [0, 0.05) is 32.7 Å². The maximum atomic E-state index is 12.9. The number of aldehydes is 1. The highest BCUT2D eigenvalue weighted by Crippen LogP contribution is 2.43. The van der Waals surface area contributed by atoms with Crippen LogP contribution < -0.4 is 0 Å². The fraction of sp³-hybridized carbons (Fsp3) is 0.579. The molecule has 0 aromatic heterocycles. The Morgan fingerprint density at radius 2 is 1.79 bits per heavy atom. The molecule has 4 unspecified atom stereocenters. The molecule has 0 aliphatic carbocycles. The highest BCUT2D eigenvalue weighted by molar-refractivity contribution is 5.83. The topological polar surface area (TPSA) is 49.9 Å². The molecule has 3 aliphatic rings. The van der Waals surface area contributed by atoms with Crippen LogP contribution in [-0.2, 0) is 20.9 Å². The van der Waals surface area contributed by atoms with Crippen molar-refractivity contribution in [3.05, 3.63) is 35.9 Å². The van der Waals surface area contributed by atoms with E-state index in [1.165, 1.54) is 5.56 Å². The number of amides is 1. The monoisotopic (exact) mass is 328 g/mol. The van der Waals surface area contributed by atoms with Gasteiger partial charge in [0.1, 0.15) is 6.29 Å². The van der Waals surface area contributed by atoms with Gasteiger partial charge >= 0.3 is 0 Å². The molecule has 4 rings (SSSR count). The molecule has 1 amide bonds. The molecule has 3 fully saturated rings. The lowest BCUT2D eigenvalue weighted by molar-refractivity contribution is -0.141. The molecule has 5 heteroatoms. The molecular weight excluding hydrogens is 304 g/mol. The maximum absolute atomic E-state index is 12.9. The van der Waals surface area contributed by atoms with Gasteiger partial charge in [-0.1, -0.05) is 30.3 Å². The van der Waals surface area contributed by atoms with Crippen LogP contribution in [0.2, 0.25) is 0 Å². The maximum Gasteiger partial charge on any atom is 0.229 e. The Morgan fingerprint density at radius 3 is 2.50 bits per heavy atom. The molecule has 24 heavy (non-hydrogen) atoms. The van der Waals surface area contributed by atoms with Gasteiger partial charge in [-0.25, -0.2) is 0 Å². The minimum absolute atomic E-state index is 0.0270. The van der Waals surface area contributed by atoms with Crippen molar-refractivity contribution in [3.8, 4) is 0 Å². The van der Waals surface area contributed by atoms with Crippen LogP contribution in [0.3, 0.4) is 0 Å². The van der Waals surface area contributed by atoms with Crippen LogP contribution in [0.25, 0.3) is 0 Å². The summed E-state index contributed by atoms with van der Waals surface area (Å²) in [5.41, 5.74) is 1.31. The Labute approximate surface area is 142 Å². The molecular formula is C19H24N2O3. The van der Waals surface area contributed by atoms with Crippen molar-refractivity contribution in [3.63, 3.8) is 0 Å². The van der Waals surface area contributed by atoms with Gasteiger partial charge in [0.2, 0.25) is 5.91 Å². The Morgan fingerprint density at radius 1 is 1.08 bits per heavy atom. The number of piperazine rings is 1. The summed E-state index contributed by atoms with van der Waals surface area (Å²) >= 11 is 0. The molecule has 128 valence electrons. The highest BCUT2D eigenvalue weighted by Gasteiger charge is 2.53. The van der Waals surface area contributed by atoms with E-state index < -0.39 is 0 Å². The van der Waals surface area contributed by atoms with Gasteiger partial charge in [-0.3, -0.25) is 9.69 Å². The molecule has 0 radical (unpaired) electrons. The van der Waals surface area contributed by atoms with Gasteiger partial charge in [0.25, 0.3) is 0 Å². The van der Waals surface area contributed by atoms with E-state index in [0.717, 1.165) is 51.9 Å². The van der Waals surface area contributed by atoms with Crippen LogP contribution >= 0.6 is 0 Å². The Balaban J connectivity index is 1.34. The number of hydrogen-bond donors (Lipinski definition) is 0. The van der Waals surface area contributed by atoms with Crippen molar-refractivity contribution in [2.45, 2.75) is 31.6 Å². The standard InChI is InChI=1S/C19H24N2O3/c22-13-15-16-6-7-17(24-16)18(15)19(23)21-10-8-20(9-11-21)12-14-4-2-1-3-5-14/h1-5,13,15-18H,6-12H2. The summed E-state index contributed by atoms with van der Waals surface area (Å²) in [6, 6.07) is 10.4. The first-order chi connectivity index (χ1) is 11.8. The van der Waals surface area contributed by atoms with E-state index in [1.54, 1.807) is 0 Å². The van der Waals surface area contributed by atoms with Crippen LogP contribution in [0.5, 0.6) is 0 Å². The predicted molar refractivity (Wildman–Crippen MR) is 89.2 cm³/mol. The van der Waals surface area contributed by atoms with Gasteiger partial charge in [-0.2, -0.15) is 0 Å². The second-order valence-electron chi connectivity index (χ2n) is 7.12. The van der Waals surface area contributed by atoms with Gasteiger partial charge in [-0.15, -0.1) is 0 Å². The molecule has 4 atom stereocenters. The van der Waals surface area contributed by atoms with E-state index in [-0.39, 0.29) is 30.0 Å². The predicted octanol–water partition coefficient (Wildman–Crippen LogP) is 1.32. The summed E-state index contributed by atoms with van der Waals surface area (Å²) in [4.78, 5) is 28.6. The van der Waals surface area contributed by atoms with E-state index in [1.807, 2.05) is 11.0 Å². The fourth-order valence-corrected chi connectivity index (χ4v) is 4.39. The molecule has 3 heterocycles. The van der Waals surface area contributed by atoms with Crippen LogP contribution in [0.1, 0.15) is 18.4 Å². The largest absolute Gasteiger partial charge is 0.373 e. The number of hydrogen-bond acceptors (Lipinski definition) is 4. The number of fused-ring (bicyclic) bond motifs is 2. The SMILES string of the molecule is O=CC1C2CCC(O2)C1C(=O)N1CCN(Cc2ccccc2)CC1. The summed E-state index contributed by atoms with van der Waals surface area (Å²) in [7, 11) is 0. The Bertz CT molecular complexity index is 598. The van der Waals surface area contributed by atoms with Crippen molar-refractivity contribution in [1.29, 1.82) is 0 Å². The average molecular weight is 328 g/mol. The van der Waals surface area contributed by atoms with Crippen LogP contribution in [-0.4, -0.2) is 60.4 Å². The Hall–Kier alpha value is -1.72. The molecule has 0 saturated carbocycles. The van der Waals surface area contributed by atoms with Crippen molar-refractivity contribution in [1.82, 2.24) is 9.80 Å². The van der Waals surface area contributed by atoms with E-state index in [9.17, 15) is 9.59 Å². The second kappa shape index (κ2) is 6.65. The molecule has 3 saturated heterocycles. The van der Waals surface area contributed by atoms with Crippen LogP contribution in [0.4, 0.5) is 0 Å². The first-order valence-corrected chi connectivity index (χ1v) is 8.92. The zero-order valence-electron chi connectivity index (χ0n) is 13.8. The lowest BCUT2D eigenvalue weighted by atomic mass is 9.79. The summed E-state index contributed by atoms with van der Waals surface area (Å²) in [5.74, 6) is -0.362. The van der Waals surface area contributed by atoms with Gasteiger partial charge < -0.3 is 14.4 Å². The van der Waals surface area contributed by atoms with E-state index in [0.29, 0.717) is 0 Å². The summed E-state index contributed by atoms with van der Waals surface area (Å²) < 4.78 is 5.81. The van der Waals surface area contributed by atoms with Crippen molar-refractivity contribution < 1.29 is 14.3 Å².